The topological polar surface area (TPSA) is 83.4 Å². The molecule has 0 radical (unpaired) electrons. The van der Waals surface area contributed by atoms with Crippen LogP contribution in [0.4, 0.5) is 14.9 Å². The SMILES string of the molecule is CSCCC(NC(=O)N1CC2CC(C1)c1cccc(=O)n1C2)C(=O)Nc1cccc(F)c1. The number of thioether (sulfide) groups is 1. The van der Waals surface area contributed by atoms with Gasteiger partial charge in [-0.3, -0.25) is 9.59 Å². The van der Waals surface area contributed by atoms with Gasteiger partial charge in [0.1, 0.15) is 11.9 Å². The summed E-state index contributed by atoms with van der Waals surface area (Å²) < 4.78 is 15.3. The van der Waals surface area contributed by atoms with Gasteiger partial charge in [0.2, 0.25) is 5.91 Å². The van der Waals surface area contributed by atoms with Crippen molar-refractivity contribution in [3.63, 3.8) is 0 Å². The van der Waals surface area contributed by atoms with Gasteiger partial charge in [-0.05, 0) is 55.0 Å². The lowest BCUT2D eigenvalue weighted by Crippen LogP contribution is -2.55. The highest BCUT2D eigenvalue weighted by Crippen LogP contribution is 2.34. The van der Waals surface area contributed by atoms with Crippen molar-refractivity contribution >= 4 is 29.4 Å². The quantitative estimate of drug-likeness (QED) is 0.697. The predicted molar refractivity (Wildman–Crippen MR) is 123 cm³/mol. The minimum Gasteiger partial charge on any atom is -0.326 e. The Bertz CT molecular complexity index is 1060. The Morgan fingerprint density at radius 1 is 1.19 bits per heavy atom. The van der Waals surface area contributed by atoms with Crippen LogP contribution in [0.5, 0.6) is 0 Å². The van der Waals surface area contributed by atoms with E-state index in [0.717, 1.165) is 12.1 Å². The molecule has 2 aliphatic heterocycles. The van der Waals surface area contributed by atoms with Gasteiger partial charge in [0.15, 0.2) is 0 Å². The molecule has 1 saturated heterocycles. The second-order valence-corrected chi connectivity index (χ2v) is 9.37. The fraction of sp³-hybridized carbons (Fsp3) is 0.435. The molecule has 1 fully saturated rings. The van der Waals surface area contributed by atoms with E-state index >= 15 is 0 Å². The summed E-state index contributed by atoms with van der Waals surface area (Å²) in [4.78, 5) is 39.9. The molecule has 7 nitrogen and oxygen atoms in total. The van der Waals surface area contributed by atoms with Crippen molar-refractivity contribution in [3.8, 4) is 0 Å². The molecule has 0 saturated carbocycles. The molecule has 2 aromatic rings. The van der Waals surface area contributed by atoms with Crippen LogP contribution in [-0.4, -0.2) is 52.5 Å². The number of hydrogen-bond acceptors (Lipinski definition) is 4. The average Bonchev–Trinajstić information content (AvgIpc) is 2.77. The molecule has 3 heterocycles. The Hall–Kier alpha value is -2.81. The van der Waals surface area contributed by atoms with E-state index in [1.807, 2.05) is 16.9 Å². The summed E-state index contributed by atoms with van der Waals surface area (Å²) in [6.07, 6.45) is 3.35. The molecule has 4 rings (SSSR count). The van der Waals surface area contributed by atoms with E-state index in [-0.39, 0.29) is 29.3 Å². The van der Waals surface area contributed by atoms with Crippen LogP contribution >= 0.6 is 11.8 Å². The number of carbonyl (C=O) groups is 2. The van der Waals surface area contributed by atoms with Gasteiger partial charge in [0.05, 0.1) is 0 Å². The number of carbonyl (C=O) groups excluding carboxylic acids is 2. The van der Waals surface area contributed by atoms with Gasteiger partial charge in [-0.15, -0.1) is 0 Å². The van der Waals surface area contributed by atoms with Crippen LogP contribution in [0, 0.1) is 11.7 Å². The maximum atomic E-state index is 13.5. The van der Waals surface area contributed by atoms with Crippen molar-refractivity contribution in [2.45, 2.75) is 31.3 Å². The summed E-state index contributed by atoms with van der Waals surface area (Å²) >= 11 is 1.59. The number of amides is 3. The molecule has 32 heavy (non-hydrogen) atoms. The molecule has 3 amide bonds. The fourth-order valence-corrected chi connectivity index (χ4v) is 5.07. The zero-order chi connectivity index (χ0) is 22.7. The van der Waals surface area contributed by atoms with Crippen LogP contribution < -0.4 is 16.2 Å². The first-order valence-electron chi connectivity index (χ1n) is 10.7. The van der Waals surface area contributed by atoms with Crippen molar-refractivity contribution in [1.29, 1.82) is 0 Å². The summed E-state index contributed by atoms with van der Waals surface area (Å²) in [5.41, 5.74) is 1.32. The molecule has 1 aromatic heterocycles. The molecular weight excluding hydrogens is 431 g/mol. The first kappa shape index (κ1) is 22.4. The Morgan fingerprint density at radius 3 is 2.78 bits per heavy atom. The average molecular weight is 459 g/mol. The van der Waals surface area contributed by atoms with E-state index in [2.05, 4.69) is 10.6 Å². The molecule has 9 heteroatoms. The van der Waals surface area contributed by atoms with Gasteiger partial charge < -0.3 is 20.1 Å². The first-order valence-corrected chi connectivity index (χ1v) is 12.1. The Balaban J connectivity index is 1.44. The number of piperidine rings is 1. The first-order chi connectivity index (χ1) is 15.4. The number of nitrogens with zero attached hydrogens (tertiary/aromatic N) is 2. The van der Waals surface area contributed by atoms with Crippen molar-refractivity contribution in [3.05, 3.63) is 64.3 Å². The molecule has 3 atom stereocenters. The number of nitrogens with one attached hydrogen (secondary N) is 2. The minimum atomic E-state index is -0.727. The van der Waals surface area contributed by atoms with Gasteiger partial charge in [0, 0.05) is 43.0 Å². The van der Waals surface area contributed by atoms with Crippen LogP contribution in [0.15, 0.2) is 47.3 Å². The number of pyridine rings is 1. The van der Waals surface area contributed by atoms with Crippen LogP contribution in [0.3, 0.4) is 0 Å². The van der Waals surface area contributed by atoms with E-state index in [1.54, 1.807) is 34.9 Å². The van der Waals surface area contributed by atoms with Gasteiger partial charge in [-0.1, -0.05) is 12.1 Å². The van der Waals surface area contributed by atoms with Crippen LogP contribution in [0.2, 0.25) is 0 Å². The van der Waals surface area contributed by atoms with Crippen LogP contribution in [0.1, 0.15) is 24.5 Å². The van der Waals surface area contributed by atoms with Crippen molar-refractivity contribution in [2.75, 3.05) is 30.4 Å². The normalized spacial score (nSPS) is 20.2. The van der Waals surface area contributed by atoms with Gasteiger partial charge >= 0.3 is 6.03 Å². The molecule has 170 valence electrons. The predicted octanol–water partition coefficient (Wildman–Crippen LogP) is 2.88. The number of benzene rings is 1. The van der Waals surface area contributed by atoms with Crippen LogP contribution in [-0.2, 0) is 11.3 Å². The largest absolute Gasteiger partial charge is 0.326 e. The summed E-state index contributed by atoms with van der Waals surface area (Å²) in [6.45, 7) is 1.65. The van der Waals surface area contributed by atoms with E-state index in [0.29, 0.717) is 37.5 Å². The number of halogens is 1. The third kappa shape index (κ3) is 4.98. The van der Waals surface area contributed by atoms with Gasteiger partial charge in [-0.25, -0.2) is 9.18 Å². The number of rotatable bonds is 6. The third-order valence-electron chi connectivity index (χ3n) is 6.08. The Kier molecular flexibility index (Phi) is 6.83. The maximum absolute atomic E-state index is 13.5. The highest BCUT2D eigenvalue weighted by molar-refractivity contribution is 7.98. The fourth-order valence-electron chi connectivity index (χ4n) is 4.60. The molecule has 2 bridgehead atoms. The number of fused-ring (bicyclic) bond motifs is 4. The second kappa shape index (κ2) is 9.77. The summed E-state index contributed by atoms with van der Waals surface area (Å²) in [5, 5.41) is 5.58. The molecule has 3 unspecified atom stereocenters. The highest BCUT2D eigenvalue weighted by atomic mass is 32.2. The monoisotopic (exact) mass is 458 g/mol. The van der Waals surface area contributed by atoms with Gasteiger partial charge in [-0.2, -0.15) is 11.8 Å². The molecule has 2 aliphatic rings. The lowest BCUT2D eigenvalue weighted by Gasteiger charge is -2.43. The lowest BCUT2D eigenvalue weighted by molar-refractivity contribution is -0.118. The smallest absolute Gasteiger partial charge is 0.318 e. The maximum Gasteiger partial charge on any atom is 0.318 e. The summed E-state index contributed by atoms with van der Waals surface area (Å²) in [7, 11) is 0. The van der Waals surface area contributed by atoms with Gasteiger partial charge in [0.25, 0.3) is 5.56 Å². The van der Waals surface area contributed by atoms with E-state index in [9.17, 15) is 18.8 Å². The Labute approximate surface area is 190 Å². The molecular formula is C23H27FN4O3S. The number of hydrogen-bond donors (Lipinski definition) is 2. The van der Waals surface area contributed by atoms with Crippen molar-refractivity contribution < 1.29 is 14.0 Å². The minimum absolute atomic E-state index is 0.00116. The number of aromatic nitrogens is 1. The Morgan fingerprint density at radius 2 is 2.00 bits per heavy atom. The number of anilines is 1. The molecule has 0 spiro atoms. The lowest BCUT2D eigenvalue weighted by atomic mass is 9.83. The molecule has 0 aliphatic carbocycles. The molecule has 2 N–H and O–H groups in total. The summed E-state index contributed by atoms with van der Waals surface area (Å²) in [5.74, 6) is 0.202. The molecule has 1 aromatic carbocycles. The number of likely N-dealkylation sites (tertiary alicyclic amines) is 1. The zero-order valence-electron chi connectivity index (χ0n) is 17.9. The second-order valence-electron chi connectivity index (χ2n) is 8.39. The van der Waals surface area contributed by atoms with Crippen molar-refractivity contribution in [1.82, 2.24) is 14.8 Å². The van der Waals surface area contributed by atoms with E-state index < -0.39 is 11.9 Å². The van der Waals surface area contributed by atoms with E-state index in [4.69, 9.17) is 0 Å². The highest BCUT2D eigenvalue weighted by Gasteiger charge is 2.37. The van der Waals surface area contributed by atoms with Crippen LogP contribution in [0.25, 0.3) is 0 Å². The third-order valence-corrected chi connectivity index (χ3v) is 6.73. The number of urea groups is 1. The standard InChI is InChI=1S/C23H27FN4O3S/c1-32-9-8-19(22(30)25-18-5-2-4-17(24)11-18)26-23(31)27-12-15-10-16(14-27)20-6-3-7-21(29)28(20)13-15/h2-7,11,15-16,19H,8-10,12-14H2,1H3,(H,25,30)(H,26,31). The summed E-state index contributed by atoms with van der Waals surface area (Å²) in [6, 6.07) is 9.97. The zero-order valence-corrected chi connectivity index (χ0v) is 18.7. The van der Waals surface area contributed by atoms with E-state index in [1.165, 1.54) is 18.2 Å². The van der Waals surface area contributed by atoms with Crippen molar-refractivity contribution in [2.24, 2.45) is 5.92 Å².